The number of hydrogen-bond donors (Lipinski definition) is 5. The van der Waals surface area contributed by atoms with Crippen LogP contribution < -0.4 is 16.0 Å². The lowest BCUT2D eigenvalue weighted by molar-refractivity contribution is -0.143. The van der Waals surface area contributed by atoms with E-state index in [0.29, 0.717) is 12.0 Å². The van der Waals surface area contributed by atoms with Crippen molar-refractivity contribution in [1.82, 2.24) is 16.0 Å². The van der Waals surface area contributed by atoms with Crippen LogP contribution in [0.25, 0.3) is 0 Å². The largest absolute Gasteiger partial charge is 0.480 e. The maximum atomic E-state index is 12.7. The predicted molar refractivity (Wildman–Crippen MR) is 110 cm³/mol. The van der Waals surface area contributed by atoms with Crippen LogP contribution in [0, 0.1) is 5.92 Å². The molecule has 0 aliphatic carbocycles. The SMILES string of the molecule is CC(=O)N[C@@H](CC(C)C)C(=O)N[C@H](C(=O)N[C@@H](Cc1ccccc1)C(=O)O)[C@@H](C)O. The monoisotopic (exact) mass is 421 g/mol. The zero-order valence-electron chi connectivity index (χ0n) is 17.7. The molecule has 9 heteroatoms. The number of carboxylic acids is 1. The number of aliphatic hydroxyl groups is 1. The molecule has 1 aromatic carbocycles. The Morgan fingerprint density at radius 2 is 1.50 bits per heavy atom. The molecule has 0 radical (unpaired) electrons. The Labute approximate surface area is 176 Å². The maximum Gasteiger partial charge on any atom is 0.326 e. The van der Waals surface area contributed by atoms with Gasteiger partial charge >= 0.3 is 5.97 Å². The molecule has 0 aromatic heterocycles. The van der Waals surface area contributed by atoms with Gasteiger partial charge in [-0.3, -0.25) is 14.4 Å². The van der Waals surface area contributed by atoms with Crippen LogP contribution >= 0.6 is 0 Å². The zero-order valence-corrected chi connectivity index (χ0v) is 17.7. The standard InChI is InChI=1S/C21H31N3O6/c1-12(2)10-16(22-14(4)26)19(27)24-18(13(3)25)20(28)23-17(21(29)30)11-15-8-6-5-7-9-15/h5-9,12-13,16-18,25H,10-11H2,1-4H3,(H,22,26)(H,23,28)(H,24,27)(H,29,30)/t13-,16+,17+,18+/m1/s1. The molecule has 4 atom stereocenters. The van der Waals surface area contributed by atoms with Gasteiger partial charge in [-0.15, -0.1) is 0 Å². The average Bonchev–Trinajstić information content (AvgIpc) is 2.64. The summed E-state index contributed by atoms with van der Waals surface area (Å²) in [4.78, 5) is 48.3. The van der Waals surface area contributed by atoms with Crippen LogP contribution in [-0.4, -0.2) is 58.1 Å². The fourth-order valence-electron chi connectivity index (χ4n) is 2.92. The van der Waals surface area contributed by atoms with Crippen molar-refractivity contribution in [3.8, 4) is 0 Å². The van der Waals surface area contributed by atoms with Crippen LogP contribution in [0.15, 0.2) is 30.3 Å². The number of aliphatic carboxylic acids is 1. The molecule has 1 aromatic rings. The molecule has 0 heterocycles. The zero-order chi connectivity index (χ0) is 22.8. The summed E-state index contributed by atoms with van der Waals surface area (Å²) < 4.78 is 0. The summed E-state index contributed by atoms with van der Waals surface area (Å²) in [5, 5.41) is 26.8. The van der Waals surface area contributed by atoms with Crippen molar-refractivity contribution < 1.29 is 29.4 Å². The first kappa shape index (κ1) is 25.1. The van der Waals surface area contributed by atoms with Crippen molar-refractivity contribution in [3.05, 3.63) is 35.9 Å². The van der Waals surface area contributed by atoms with Crippen LogP contribution in [0.2, 0.25) is 0 Å². The number of rotatable bonds is 11. The van der Waals surface area contributed by atoms with Gasteiger partial charge in [0, 0.05) is 13.3 Å². The van der Waals surface area contributed by atoms with Gasteiger partial charge in [0.2, 0.25) is 17.7 Å². The number of carbonyl (C=O) groups excluding carboxylic acids is 3. The van der Waals surface area contributed by atoms with Gasteiger partial charge < -0.3 is 26.2 Å². The molecule has 166 valence electrons. The molecule has 9 nitrogen and oxygen atoms in total. The van der Waals surface area contributed by atoms with Crippen molar-refractivity contribution in [1.29, 1.82) is 0 Å². The fraction of sp³-hybridized carbons (Fsp3) is 0.524. The van der Waals surface area contributed by atoms with E-state index in [9.17, 15) is 29.4 Å². The van der Waals surface area contributed by atoms with E-state index < -0.39 is 47.9 Å². The summed E-state index contributed by atoms with van der Waals surface area (Å²) in [5.41, 5.74) is 0.713. The quantitative estimate of drug-likeness (QED) is 0.345. The molecule has 0 unspecified atom stereocenters. The molecular weight excluding hydrogens is 390 g/mol. The number of carboxylic acid groups (broad SMARTS) is 1. The molecular formula is C21H31N3O6. The number of amides is 3. The van der Waals surface area contributed by atoms with Gasteiger partial charge in [0.1, 0.15) is 18.1 Å². The molecule has 0 saturated heterocycles. The van der Waals surface area contributed by atoms with E-state index in [1.165, 1.54) is 13.8 Å². The number of hydrogen-bond acceptors (Lipinski definition) is 5. The molecule has 0 saturated carbocycles. The van der Waals surface area contributed by atoms with Gasteiger partial charge in [-0.05, 0) is 24.8 Å². The molecule has 1 rings (SSSR count). The number of carbonyl (C=O) groups is 4. The molecule has 30 heavy (non-hydrogen) atoms. The Morgan fingerprint density at radius 3 is 1.97 bits per heavy atom. The van der Waals surface area contributed by atoms with Crippen LogP contribution in [-0.2, 0) is 25.6 Å². The highest BCUT2D eigenvalue weighted by Gasteiger charge is 2.32. The molecule has 0 aliphatic rings. The summed E-state index contributed by atoms with van der Waals surface area (Å²) in [6, 6.07) is 5.28. The third kappa shape index (κ3) is 8.60. The molecule has 0 bridgehead atoms. The van der Waals surface area contributed by atoms with E-state index in [4.69, 9.17) is 0 Å². The van der Waals surface area contributed by atoms with E-state index in [0.717, 1.165) is 0 Å². The lowest BCUT2D eigenvalue weighted by atomic mass is 10.0. The fourth-order valence-corrected chi connectivity index (χ4v) is 2.92. The second kappa shape index (κ2) is 11.9. The summed E-state index contributed by atoms with van der Waals surface area (Å²) >= 11 is 0. The molecule has 0 aliphatic heterocycles. The lowest BCUT2D eigenvalue weighted by Crippen LogP contribution is -2.59. The van der Waals surface area contributed by atoms with Gasteiger partial charge in [-0.2, -0.15) is 0 Å². The van der Waals surface area contributed by atoms with Gasteiger partial charge in [0.25, 0.3) is 0 Å². The van der Waals surface area contributed by atoms with Gasteiger partial charge in [-0.25, -0.2) is 4.79 Å². The van der Waals surface area contributed by atoms with E-state index in [-0.39, 0.29) is 12.3 Å². The normalized spacial score (nSPS) is 14.9. The Bertz CT molecular complexity index is 736. The summed E-state index contributed by atoms with van der Waals surface area (Å²) in [6.07, 6.45) is -0.896. The topological polar surface area (TPSA) is 145 Å². The first-order valence-electron chi connectivity index (χ1n) is 9.83. The van der Waals surface area contributed by atoms with Crippen LogP contribution in [0.1, 0.15) is 39.7 Å². The first-order valence-corrected chi connectivity index (χ1v) is 9.83. The predicted octanol–water partition coefficient (Wildman–Crippen LogP) is 0.215. The van der Waals surface area contributed by atoms with E-state index in [1.807, 2.05) is 13.8 Å². The smallest absolute Gasteiger partial charge is 0.326 e. The Hall–Kier alpha value is -2.94. The minimum atomic E-state index is -1.38. The minimum Gasteiger partial charge on any atom is -0.480 e. The minimum absolute atomic E-state index is 0.0459. The van der Waals surface area contributed by atoms with Gasteiger partial charge in [0.15, 0.2) is 0 Å². The van der Waals surface area contributed by atoms with Crippen molar-refractivity contribution in [2.75, 3.05) is 0 Å². The van der Waals surface area contributed by atoms with Crippen molar-refractivity contribution >= 4 is 23.7 Å². The van der Waals surface area contributed by atoms with Crippen LogP contribution in [0.4, 0.5) is 0 Å². The van der Waals surface area contributed by atoms with Crippen molar-refractivity contribution in [2.24, 2.45) is 5.92 Å². The van der Waals surface area contributed by atoms with Gasteiger partial charge in [-0.1, -0.05) is 44.2 Å². The van der Waals surface area contributed by atoms with Crippen molar-refractivity contribution in [3.63, 3.8) is 0 Å². The molecule has 0 fully saturated rings. The first-order chi connectivity index (χ1) is 14.0. The summed E-state index contributed by atoms with van der Waals surface area (Å²) in [5.74, 6) is -3.00. The highest BCUT2D eigenvalue weighted by Crippen LogP contribution is 2.08. The van der Waals surface area contributed by atoms with Gasteiger partial charge in [0.05, 0.1) is 6.10 Å². The number of aliphatic hydroxyl groups excluding tert-OH is 1. The molecule has 5 N–H and O–H groups in total. The van der Waals surface area contributed by atoms with E-state index in [2.05, 4.69) is 16.0 Å². The van der Waals surface area contributed by atoms with Crippen molar-refractivity contribution in [2.45, 2.75) is 64.8 Å². The third-order valence-corrected chi connectivity index (χ3v) is 4.36. The lowest BCUT2D eigenvalue weighted by Gasteiger charge is -2.26. The summed E-state index contributed by atoms with van der Waals surface area (Å²) in [6.45, 7) is 6.35. The second-order valence-corrected chi connectivity index (χ2v) is 7.70. The summed E-state index contributed by atoms with van der Waals surface area (Å²) in [7, 11) is 0. The molecule has 0 spiro atoms. The Balaban J connectivity index is 2.90. The Morgan fingerprint density at radius 1 is 0.900 bits per heavy atom. The highest BCUT2D eigenvalue weighted by molar-refractivity contribution is 5.93. The van der Waals surface area contributed by atoms with E-state index >= 15 is 0 Å². The Kier molecular flexibility index (Phi) is 9.97. The second-order valence-electron chi connectivity index (χ2n) is 7.70. The number of nitrogens with one attached hydrogen (secondary N) is 3. The third-order valence-electron chi connectivity index (χ3n) is 4.36. The van der Waals surface area contributed by atoms with Crippen LogP contribution in [0.3, 0.4) is 0 Å². The highest BCUT2D eigenvalue weighted by atomic mass is 16.4. The van der Waals surface area contributed by atoms with Crippen LogP contribution in [0.5, 0.6) is 0 Å². The molecule has 3 amide bonds. The maximum absolute atomic E-state index is 12.7. The van der Waals surface area contributed by atoms with E-state index in [1.54, 1.807) is 30.3 Å². The average molecular weight is 421 g/mol. The number of benzene rings is 1.